The van der Waals surface area contributed by atoms with Gasteiger partial charge in [0.15, 0.2) is 10.9 Å². The van der Waals surface area contributed by atoms with Crippen molar-refractivity contribution in [3.63, 3.8) is 0 Å². The molecule has 0 amide bonds. The fraction of sp³-hybridized carbons (Fsp3) is 0.636. The highest BCUT2D eigenvalue weighted by molar-refractivity contribution is 8.00. The molecule has 1 saturated carbocycles. The van der Waals surface area contributed by atoms with Crippen LogP contribution in [0, 0.1) is 13.8 Å². The number of aromatic amines is 1. The zero-order valence-corrected chi connectivity index (χ0v) is 19.5. The summed E-state index contributed by atoms with van der Waals surface area (Å²) in [5.41, 5.74) is 2.22. The molecule has 1 aliphatic carbocycles. The van der Waals surface area contributed by atoms with Crippen molar-refractivity contribution < 1.29 is 14.3 Å². The third-order valence-electron chi connectivity index (χ3n) is 6.01. The van der Waals surface area contributed by atoms with Crippen molar-refractivity contribution in [2.24, 2.45) is 0 Å². The fourth-order valence-electron chi connectivity index (χ4n) is 4.23. The smallest absolute Gasteiger partial charge is 0.340 e. The molecule has 168 valence electrons. The van der Waals surface area contributed by atoms with Gasteiger partial charge in [0.2, 0.25) is 5.95 Å². The monoisotopic (exact) mass is 445 g/mol. The number of Topliss-reactive ketones (excluding diaryl/α,β-unsaturated/α-hetero) is 1. The number of hydrogen-bond donors (Lipinski definition) is 1. The second kappa shape index (κ2) is 9.06. The Kier molecular flexibility index (Phi) is 6.41. The third-order valence-corrected chi connectivity index (χ3v) is 7.07. The minimum absolute atomic E-state index is 0.0500. The molecule has 8 nitrogen and oxygen atoms in total. The maximum atomic E-state index is 13.2. The highest BCUT2D eigenvalue weighted by Gasteiger charge is 2.34. The van der Waals surface area contributed by atoms with Gasteiger partial charge in [0.25, 0.3) is 0 Å². The van der Waals surface area contributed by atoms with Crippen molar-refractivity contribution in [2.75, 3.05) is 24.6 Å². The highest BCUT2D eigenvalue weighted by Crippen LogP contribution is 2.42. The summed E-state index contributed by atoms with van der Waals surface area (Å²) in [6.45, 7) is 9.58. The number of aromatic nitrogens is 4. The number of ether oxygens (including phenoxy) is 1. The molecule has 31 heavy (non-hydrogen) atoms. The molecule has 2 aromatic heterocycles. The van der Waals surface area contributed by atoms with Gasteiger partial charge in [-0.15, -0.1) is 10.2 Å². The van der Waals surface area contributed by atoms with E-state index in [1.54, 1.807) is 20.8 Å². The van der Waals surface area contributed by atoms with Crippen molar-refractivity contribution in [1.82, 2.24) is 19.7 Å². The van der Waals surface area contributed by atoms with Crippen LogP contribution in [0.25, 0.3) is 0 Å². The Morgan fingerprint density at radius 3 is 2.55 bits per heavy atom. The standard InChI is InChI=1S/C22H31N5O3S/c1-5-30-20(29)17-13(2)18(23-14(17)3)19(28)15(4)31-22-25-24-21(27(22)16-9-10-16)26-11-7-6-8-12-26/h15-16,23H,5-12H2,1-4H3. The van der Waals surface area contributed by atoms with Crippen LogP contribution in [-0.2, 0) is 4.74 Å². The Balaban J connectivity index is 1.54. The lowest BCUT2D eigenvalue weighted by Crippen LogP contribution is -2.32. The molecule has 4 rings (SSSR count). The fourth-order valence-corrected chi connectivity index (χ4v) is 5.21. The normalized spacial score (nSPS) is 17.6. The molecule has 3 heterocycles. The van der Waals surface area contributed by atoms with E-state index in [4.69, 9.17) is 4.74 Å². The van der Waals surface area contributed by atoms with Crippen LogP contribution in [0.15, 0.2) is 5.16 Å². The van der Waals surface area contributed by atoms with Crippen molar-refractivity contribution in [2.45, 2.75) is 76.2 Å². The summed E-state index contributed by atoms with van der Waals surface area (Å²) in [6.07, 6.45) is 5.90. The Labute approximate surface area is 187 Å². The van der Waals surface area contributed by atoms with Crippen molar-refractivity contribution in [1.29, 1.82) is 0 Å². The van der Waals surface area contributed by atoms with Crippen LogP contribution in [0.5, 0.6) is 0 Å². The average Bonchev–Trinajstić information content (AvgIpc) is 3.44. The number of anilines is 1. The van der Waals surface area contributed by atoms with Gasteiger partial charge in [-0.1, -0.05) is 11.8 Å². The SMILES string of the molecule is CCOC(=O)c1c(C)[nH]c(C(=O)C(C)Sc2nnc(N3CCCCC3)n2C2CC2)c1C. The first-order chi connectivity index (χ1) is 14.9. The van der Waals surface area contributed by atoms with Crippen molar-refractivity contribution in [3.8, 4) is 0 Å². The van der Waals surface area contributed by atoms with Gasteiger partial charge in [-0.3, -0.25) is 9.36 Å². The predicted octanol–water partition coefficient (Wildman–Crippen LogP) is 4.09. The van der Waals surface area contributed by atoms with E-state index in [2.05, 4.69) is 24.6 Å². The zero-order valence-electron chi connectivity index (χ0n) is 18.7. The number of thioether (sulfide) groups is 1. The topological polar surface area (TPSA) is 93.1 Å². The maximum absolute atomic E-state index is 13.2. The van der Waals surface area contributed by atoms with Crippen LogP contribution in [0.1, 0.15) is 84.1 Å². The minimum atomic E-state index is -0.396. The number of carbonyl (C=O) groups is 2. The molecule has 1 atom stereocenters. The molecule has 1 N–H and O–H groups in total. The number of carbonyl (C=O) groups excluding carboxylic acids is 2. The van der Waals surface area contributed by atoms with Crippen LogP contribution in [-0.4, -0.2) is 56.4 Å². The number of esters is 1. The maximum Gasteiger partial charge on any atom is 0.340 e. The molecule has 9 heteroatoms. The second-order valence-electron chi connectivity index (χ2n) is 8.40. The summed E-state index contributed by atoms with van der Waals surface area (Å²) in [6, 6.07) is 0.432. The number of piperidine rings is 1. The highest BCUT2D eigenvalue weighted by atomic mass is 32.2. The molecule has 2 fully saturated rings. The van der Waals surface area contributed by atoms with Gasteiger partial charge >= 0.3 is 5.97 Å². The molecule has 1 aliphatic heterocycles. The van der Waals surface area contributed by atoms with Gasteiger partial charge in [0.1, 0.15) is 0 Å². The average molecular weight is 446 g/mol. The lowest BCUT2D eigenvalue weighted by Gasteiger charge is -2.28. The predicted molar refractivity (Wildman–Crippen MR) is 120 cm³/mol. The molecule has 2 aliphatic rings. The zero-order chi connectivity index (χ0) is 22.1. The molecule has 2 aromatic rings. The van der Waals surface area contributed by atoms with Crippen LogP contribution in [0.2, 0.25) is 0 Å². The minimum Gasteiger partial charge on any atom is -0.462 e. The van der Waals surface area contributed by atoms with E-state index in [1.165, 1.54) is 31.0 Å². The van der Waals surface area contributed by atoms with E-state index >= 15 is 0 Å². The largest absolute Gasteiger partial charge is 0.462 e. The Bertz CT molecular complexity index is 972. The van der Waals surface area contributed by atoms with E-state index in [0.717, 1.165) is 37.0 Å². The van der Waals surface area contributed by atoms with E-state index in [0.29, 0.717) is 35.2 Å². The summed E-state index contributed by atoms with van der Waals surface area (Å²) < 4.78 is 7.38. The summed E-state index contributed by atoms with van der Waals surface area (Å²) in [4.78, 5) is 31.0. The number of ketones is 1. The Morgan fingerprint density at radius 2 is 1.90 bits per heavy atom. The van der Waals surface area contributed by atoms with Gasteiger partial charge in [0.05, 0.1) is 23.1 Å². The van der Waals surface area contributed by atoms with Crippen molar-refractivity contribution in [3.05, 3.63) is 22.5 Å². The molecule has 0 radical (unpaired) electrons. The summed E-state index contributed by atoms with van der Waals surface area (Å²) in [5.74, 6) is 0.500. The van der Waals surface area contributed by atoms with E-state index in [9.17, 15) is 9.59 Å². The van der Waals surface area contributed by atoms with E-state index in [-0.39, 0.29) is 11.0 Å². The van der Waals surface area contributed by atoms with Crippen LogP contribution in [0.4, 0.5) is 5.95 Å². The Morgan fingerprint density at radius 1 is 1.19 bits per heavy atom. The van der Waals surface area contributed by atoms with Crippen LogP contribution in [0.3, 0.4) is 0 Å². The number of nitrogens with one attached hydrogen (secondary N) is 1. The summed E-state index contributed by atoms with van der Waals surface area (Å²) in [5, 5.41) is 9.41. The first-order valence-corrected chi connectivity index (χ1v) is 12.1. The molecule has 1 saturated heterocycles. The van der Waals surface area contributed by atoms with E-state index < -0.39 is 5.97 Å². The number of hydrogen-bond acceptors (Lipinski definition) is 7. The van der Waals surface area contributed by atoms with Gasteiger partial charge in [-0.2, -0.15) is 0 Å². The van der Waals surface area contributed by atoms with Crippen LogP contribution >= 0.6 is 11.8 Å². The quantitative estimate of drug-likeness (QED) is 0.372. The van der Waals surface area contributed by atoms with Gasteiger partial charge < -0.3 is 14.6 Å². The molecular weight excluding hydrogens is 414 g/mol. The van der Waals surface area contributed by atoms with Crippen molar-refractivity contribution >= 4 is 29.5 Å². The molecular formula is C22H31N5O3S. The molecule has 1 unspecified atom stereocenters. The Hall–Kier alpha value is -2.29. The van der Waals surface area contributed by atoms with Gasteiger partial charge in [-0.05, 0) is 65.4 Å². The van der Waals surface area contributed by atoms with E-state index in [1.807, 2.05) is 6.92 Å². The van der Waals surface area contributed by atoms with Gasteiger partial charge in [0, 0.05) is 24.8 Å². The molecule has 0 spiro atoms. The number of H-pyrrole nitrogens is 1. The first kappa shape index (κ1) is 21.9. The summed E-state index contributed by atoms with van der Waals surface area (Å²) >= 11 is 1.45. The lowest BCUT2D eigenvalue weighted by molar-refractivity contribution is 0.0525. The van der Waals surface area contributed by atoms with Crippen LogP contribution < -0.4 is 4.90 Å². The third kappa shape index (κ3) is 4.37. The number of rotatable bonds is 8. The second-order valence-corrected chi connectivity index (χ2v) is 9.71. The summed E-state index contributed by atoms with van der Waals surface area (Å²) in [7, 11) is 0. The first-order valence-electron chi connectivity index (χ1n) is 11.2. The number of aryl methyl sites for hydroxylation is 1. The molecule has 0 bridgehead atoms. The lowest BCUT2D eigenvalue weighted by atomic mass is 10.1. The molecule has 0 aromatic carbocycles. The number of nitrogens with zero attached hydrogens (tertiary/aromatic N) is 4. The van der Waals surface area contributed by atoms with Gasteiger partial charge in [-0.25, -0.2) is 4.79 Å².